The van der Waals surface area contributed by atoms with Gasteiger partial charge in [0.1, 0.15) is 43.6 Å². The minimum Gasteiger partial charge on any atom is -0.507 e. The number of anilines is 2. The molecule has 10 N–H and O–H groups in total. The highest BCUT2D eigenvalue weighted by Crippen LogP contribution is 2.44. The molecule has 28 nitrogen and oxygen atoms in total. The average molecular weight is 2160 g/mol. The molecule has 43 heteroatoms. The Kier molecular flexibility index (Phi) is 33.6. The molecule has 2 heterocycles. The molecule has 2 amide bonds. The van der Waals surface area contributed by atoms with Crippen LogP contribution in [-0.4, -0.2) is 149 Å². The van der Waals surface area contributed by atoms with Crippen LogP contribution in [0, 0.1) is 17.5 Å². The van der Waals surface area contributed by atoms with Crippen LogP contribution in [0.2, 0.25) is 25.1 Å². The number of aromatic carboxylic acids is 5. The van der Waals surface area contributed by atoms with Crippen molar-refractivity contribution in [3.8, 4) is 60.8 Å². The summed E-state index contributed by atoms with van der Waals surface area (Å²) < 4.78 is 162. The molecule has 0 saturated heterocycles. The molecule has 2 aromatic heterocycles. The van der Waals surface area contributed by atoms with E-state index in [0.29, 0.717) is 42.0 Å². The molecule has 0 fully saturated rings. The number of carbonyl (C=O) groups excluding carboxylic acids is 2. The summed E-state index contributed by atoms with van der Waals surface area (Å²) in [5, 5.41) is 81.1. The molecule has 0 radical (unpaired) electrons. The smallest absolute Gasteiger partial charge is 0.337 e. The number of hydrogen-bond acceptors (Lipinski definition) is 22. The fraction of sp³-hybridized carbons (Fsp3) is 0.0632. The van der Waals surface area contributed by atoms with Gasteiger partial charge in [-0.15, -0.1) is 22.7 Å². The zero-order valence-corrected chi connectivity index (χ0v) is 81.2. The number of amides is 2. The second kappa shape index (κ2) is 44.2. The number of nitrogens with one attached hydrogen (secondary N) is 2. The van der Waals surface area contributed by atoms with Crippen molar-refractivity contribution in [2.45, 2.75) is 36.0 Å². The van der Waals surface area contributed by atoms with Gasteiger partial charge in [-0.05, 0) is 186 Å². The lowest BCUT2D eigenvalue weighted by Crippen LogP contribution is -2.22. The van der Waals surface area contributed by atoms with E-state index >= 15 is 0 Å². The SMILES string of the molecule is CN(C)C(=O)c1cc(Cl)c(O)c(S(=O)(=O)Nc2cc(-c3ccccc3)ccc2C(=O)O)c1.COc1cc(F)c(-c2cc3ccccc3s2)cc1CS(=O)(=O)c1cc(C(=O)O)cc(F)c1O.COc1cc(F)c(-c2cc3ccccc3s2)cc1CS(=O)(=O)c1cc(C(=O)O)ccc1O.O=C(Nc1cc(Br)ccc1C(=O)O)c1cc(Cl)cc(Cl)c1.O=C(O)c1cccc(S(=O)(=O)c2cc(Cl)cc(Cl)c2)c1. The Morgan fingerprint density at radius 3 is 1.40 bits per heavy atom. The predicted molar refractivity (Wildman–Crippen MR) is 521 cm³/mol. The van der Waals surface area contributed by atoms with Crippen molar-refractivity contribution in [2.75, 3.05) is 38.4 Å². The maximum atomic E-state index is 14.9. The molecule has 0 saturated carbocycles. The maximum absolute atomic E-state index is 14.9. The van der Waals surface area contributed by atoms with Gasteiger partial charge in [0.05, 0.1) is 79.7 Å². The Bertz CT molecular complexity index is 7790. The fourth-order valence-corrected chi connectivity index (χ4v) is 22.6. The van der Waals surface area contributed by atoms with E-state index in [-0.39, 0.29) is 103 Å². The second-order valence-corrected chi connectivity index (χ2v) is 42.0. The zero-order valence-electron chi connectivity index (χ0n) is 71.0. The zero-order chi connectivity index (χ0) is 101. The van der Waals surface area contributed by atoms with Gasteiger partial charge in [-0.2, -0.15) is 0 Å². The molecule has 15 aromatic rings. The number of ether oxygens (including phenoxy) is 2. The summed E-state index contributed by atoms with van der Waals surface area (Å²) in [5.74, 6) is -14.1. The predicted octanol–water partition coefficient (Wildman–Crippen LogP) is 22.5. The van der Waals surface area contributed by atoms with Gasteiger partial charge in [0, 0.05) is 103 Å². The first-order valence-corrected chi connectivity index (χ1v) is 49.6. The number of sulfonamides is 1. The summed E-state index contributed by atoms with van der Waals surface area (Å²) in [6.45, 7) is 0. The van der Waals surface area contributed by atoms with E-state index in [4.69, 9.17) is 87.9 Å². The number of aromatic hydroxyl groups is 3. The van der Waals surface area contributed by atoms with Gasteiger partial charge >= 0.3 is 29.8 Å². The van der Waals surface area contributed by atoms with Crippen LogP contribution in [0.15, 0.2) is 284 Å². The van der Waals surface area contributed by atoms with Crippen molar-refractivity contribution in [1.82, 2.24) is 4.90 Å². The minimum absolute atomic E-state index is 0.0142. The average Bonchev–Trinajstić information content (AvgIpc) is 1.43. The largest absolute Gasteiger partial charge is 0.507 e. The molecule has 13 aromatic carbocycles. The maximum Gasteiger partial charge on any atom is 0.337 e. The van der Waals surface area contributed by atoms with Crippen molar-refractivity contribution in [1.29, 1.82) is 0 Å². The van der Waals surface area contributed by atoms with E-state index in [0.717, 1.165) is 74.3 Å². The van der Waals surface area contributed by atoms with Crippen LogP contribution in [0.3, 0.4) is 0 Å². The Labute approximate surface area is 825 Å². The minimum atomic E-state index is -4.52. The van der Waals surface area contributed by atoms with Gasteiger partial charge in [0.15, 0.2) is 37.0 Å². The summed E-state index contributed by atoms with van der Waals surface area (Å²) >= 11 is 35.1. The Hall–Kier alpha value is -13.6. The number of phenols is 3. The van der Waals surface area contributed by atoms with Crippen LogP contribution in [-0.2, 0) is 51.0 Å². The molecule has 0 aliphatic heterocycles. The van der Waals surface area contributed by atoms with Crippen molar-refractivity contribution >= 4 is 209 Å². The van der Waals surface area contributed by atoms with E-state index in [1.165, 1.54) is 147 Å². The third kappa shape index (κ3) is 25.4. The van der Waals surface area contributed by atoms with Crippen LogP contribution in [0.4, 0.5) is 24.5 Å². The first-order valence-electron chi connectivity index (χ1n) is 39.0. The molecule has 138 heavy (non-hydrogen) atoms. The number of carbonyl (C=O) groups is 7. The van der Waals surface area contributed by atoms with Gasteiger partial charge in [-0.25, -0.2) is 70.8 Å². The highest BCUT2D eigenvalue weighted by atomic mass is 79.9. The first kappa shape index (κ1) is 105. The molecule has 0 aliphatic rings. The van der Waals surface area contributed by atoms with Crippen molar-refractivity contribution in [2.24, 2.45) is 0 Å². The van der Waals surface area contributed by atoms with Crippen molar-refractivity contribution < 1.29 is 131 Å². The second-order valence-electron chi connectivity index (χ2n) is 29.3. The number of halogens is 9. The number of benzene rings is 13. The molecule has 0 aliphatic carbocycles. The summed E-state index contributed by atoms with van der Waals surface area (Å²) in [5.41, 5.74) is 0.750. The number of carboxylic acid groups (broad SMARTS) is 5. The van der Waals surface area contributed by atoms with Crippen molar-refractivity contribution in [3.05, 3.63) is 352 Å². The van der Waals surface area contributed by atoms with Crippen LogP contribution < -0.4 is 19.5 Å². The van der Waals surface area contributed by atoms with Gasteiger partial charge in [0.2, 0.25) is 9.84 Å². The van der Waals surface area contributed by atoms with Gasteiger partial charge in [0.25, 0.3) is 21.8 Å². The Morgan fingerprint density at radius 2 is 0.891 bits per heavy atom. The van der Waals surface area contributed by atoms with E-state index in [2.05, 4.69) is 26.0 Å². The van der Waals surface area contributed by atoms with Crippen LogP contribution >= 0.6 is 96.6 Å². The van der Waals surface area contributed by atoms with E-state index in [1.807, 2.05) is 60.7 Å². The number of methoxy groups -OCH3 is 2. The molecule has 0 spiro atoms. The summed E-state index contributed by atoms with van der Waals surface area (Å²) in [7, 11) is -11.5. The van der Waals surface area contributed by atoms with E-state index in [9.17, 15) is 101 Å². The number of nitrogens with zero attached hydrogens (tertiary/aromatic N) is 1. The molecule has 15 rings (SSSR count). The van der Waals surface area contributed by atoms with E-state index in [1.54, 1.807) is 42.5 Å². The lowest BCUT2D eigenvalue weighted by Gasteiger charge is -2.16. The monoisotopic (exact) mass is 2150 g/mol. The van der Waals surface area contributed by atoms with Crippen molar-refractivity contribution in [3.63, 3.8) is 0 Å². The molecule has 0 unspecified atom stereocenters. The van der Waals surface area contributed by atoms with Gasteiger partial charge < -0.3 is 60.5 Å². The van der Waals surface area contributed by atoms with Gasteiger partial charge in [-0.3, -0.25) is 14.3 Å². The van der Waals surface area contributed by atoms with E-state index < -0.39 is 148 Å². The topological polar surface area (TPSA) is 464 Å². The van der Waals surface area contributed by atoms with Crippen LogP contribution in [0.1, 0.15) is 83.6 Å². The highest BCUT2D eigenvalue weighted by molar-refractivity contribution is 9.10. The lowest BCUT2D eigenvalue weighted by atomic mass is 10.0. The Morgan fingerprint density at radius 1 is 0.413 bits per heavy atom. The summed E-state index contributed by atoms with van der Waals surface area (Å²) in [6, 6.07) is 60.9. The number of carboxylic acids is 5. The highest BCUT2D eigenvalue weighted by Gasteiger charge is 2.32. The number of thiophene rings is 2. The number of phenolic OH excluding ortho intramolecular Hbond substituents is 3. The Balaban J connectivity index is 0.000000168. The lowest BCUT2D eigenvalue weighted by molar-refractivity contribution is 0.0685. The van der Waals surface area contributed by atoms with Crippen LogP contribution in [0.25, 0.3) is 52.2 Å². The molecule has 0 bridgehead atoms. The number of sulfone groups is 3. The fourth-order valence-electron chi connectivity index (χ4n) is 13.1. The van der Waals surface area contributed by atoms with Crippen LogP contribution in [0.5, 0.6) is 28.7 Å². The molecule has 712 valence electrons. The molecular weight excluding hydrogens is 2090 g/mol. The summed E-state index contributed by atoms with van der Waals surface area (Å²) in [6.07, 6.45) is 0. The number of fused-ring (bicyclic) bond motifs is 2. The normalized spacial score (nSPS) is 11.2. The molecular formula is C95H68BrCl5F3N3O25S6. The molecule has 0 atom stereocenters. The van der Waals surface area contributed by atoms with Gasteiger partial charge in [-0.1, -0.05) is 153 Å². The first-order chi connectivity index (χ1) is 65.0. The number of rotatable bonds is 24. The standard InChI is InChI=1S/C23H16F2O6S2.C23H17FO6S2.C22H19ClN2O6S.C14H8BrCl2NO3.C13H8Cl2O4S/c1-31-18-10-16(24)15(20-8-12-4-2-3-5-19(12)32-20)6-14(18)11-33(29,30)21-9-13(23(27)28)7-17(25)22(21)26;1-30-19-11-17(24)16(21-9-13-4-2-3-5-20(13)31-21)8-15(19)12-32(28,29)22-10-14(23(26)27)6-7-18(22)25;1-25(2)21(27)15-10-17(23)20(26)19(12-15)32(30,31)24-18-11-14(8-9-16(18)22(28)29)13-6-4-3-5-7-13;15-8-1-2-11(14(20)21)12(5-8)18-13(19)7-3-9(16)6-10(17)4-7;14-9-5-10(15)7-12(6-9)20(18,19)11-3-1-2-8(4-11)13(16)17/h2-10,26H,11H2,1H3,(H,27,28);2-11,25H,12H2,1H3,(H,26,27);3-12,24,26H,1-2H3,(H,28,29);1-6H,(H,18,19)(H,20,21);1-7H,(H,16,17). The third-order valence-corrected chi connectivity index (χ3v) is 30.1. The third-order valence-electron chi connectivity index (χ3n) is 19.7. The summed E-state index contributed by atoms with van der Waals surface area (Å²) in [4.78, 5) is 80.7. The number of hydrogen-bond donors (Lipinski definition) is 10. The quantitative estimate of drug-likeness (QED) is 0.0269.